The van der Waals surface area contributed by atoms with Gasteiger partial charge < -0.3 is 5.11 Å². The number of aliphatic carboxylic acids is 1. The number of hydrogen-bond acceptors (Lipinski definition) is 2. The quantitative estimate of drug-likeness (QED) is 0.818. The Kier molecular flexibility index (Phi) is 4.73. The lowest BCUT2D eigenvalue weighted by Crippen LogP contribution is -2.07. The van der Waals surface area contributed by atoms with E-state index in [-0.39, 0.29) is 0 Å². The van der Waals surface area contributed by atoms with E-state index in [1.165, 1.54) is 17.3 Å². The summed E-state index contributed by atoms with van der Waals surface area (Å²) >= 11 is 7.26. The molecule has 0 radical (unpaired) electrons. The Morgan fingerprint density at radius 2 is 1.90 bits per heavy atom. The Hall–Kier alpha value is -1.45. The molecule has 0 saturated heterocycles. The van der Waals surface area contributed by atoms with E-state index in [1.807, 2.05) is 32.0 Å². The SMILES string of the molecule is Cc1ccc(SC(C(=O)O)c2cccc(Cl)c2)cc1C. The number of hydrogen-bond donors (Lipinski definition) is 1. The summed E-state index contributed by atoms with van der Waals surface area (Å²) in [5.41, 5.74) is 3.06. The molecule has 2 nitrogen and oxygen atoms in total. The minimum absolute atomic E-state index is 0.550. The fraction of sp³-hybridized carbons (Fsp3) is 0.188. The second kappa shape index (κ2) is 6.33. The molecule has 20 heavy (non-hydrogen) atoms. The second-order valence-electron chi connectivity index (χ2n) is 4.64. The van der Waals surface area contributed by atoms with Crippen molar-refractivity contribution in [1.29, 1.82) is 0 Å². The third kappa shape index (κ3) is 3.56. The van der Waals surface area contributed by atoms with Crippen molar-refractivity contribution in [2.45, 2.75) is 24.0 Å². The smallest absolute Gasteiger partial charge is 0.321 e. The number of carboxylic acids is 1. The summed E-state index contributed by atoms with van der Waals surface area (Å²) < 4.78 is 0. The van der Waals surface area contributed by atoms with Crippen LogP contribution in [0.3, 0.4) is 0 Å². The van der Waals surface area contributed by atoms with E-state index in [9.17, 15) is 9.90 Å². The Balaban J connectivity index is 2.30. The Morgan fingerprint density at radius 3 is 2.50 bits per heavy atom. The van der Waals surface area contributed by atoms with E-state index in [2.05, 4.69) is 0 Å². The first-order chi connectivity index (χ1) is 9.47. The lowest BCUT2D eigenvalue weighted by atomic mass is 10.1. The molecule has 0 spiro atoms. The average Bonchev–Trinajstić information content (AvgIpc) is 2.39. The fourth-order valence-corrected chi connectivity index (χ4v) is 3.10. The minimum atomic E-state index is -0.865. The number of rotatable bonds is 4. The van der Waals surface area contributed by atoms with Gasteiger partial charge in [-0.3, -0.25) is 4.79 Å². The van der Waals surface area contributed by atoms with E-state index in [0.717, 1.165) is 10.5 Å². The summed E-state index contributed by atoms with van der Waals surface area (Å²) in [5, 5.41) is 9.33. The molecule has 2 rings (SSSR count). The molecule has 104 valence electrons. The van der Waals surface area contributed by atoms with Crippen molar-refractivity contribution in [3.63, 3.8) is 0 Å². The first kappa shape index (κ1) is 14.9. The van der Waals surface area contributed by atoms with Gasteiger partial charge in [-0.25, -0.2) is 0 Å². The van der Waals surface area contributed by atoms with E-state index in [0.29, 0.717) is 10.6 Å². The van der Waals surface area contributed by atoms with Gasteiger partial charge in [0.1, 0.15) is 5.25 Å². The molecule has 0 aliphatic rings. The first-order valence-electron chi connectivity index (χ1n) is 6.19. The van der Waals surface area contributed by atoms with E-state index >= 15 is 0 Å². The Morgan fingerprint density at radius 1 is 1.15 bits per heavy atom. The number of benzene rings is 2. The summed E-state index contributed by atoms with van der Waals surface area (Å²) in [4.78, 5) is 12.4. The van der Waals surface area contributed by atoms with Gasteiger partial charge in [-0.1, -0.05) is 29.8 Å². The molecule has 0 bridgehead atoms. The third-order valence-corrected chi connectivity index (χ3v) is 4.58. The van der Waals surface area contributed by atoms with Crippen LogP contribution in [-0.4, -0.2) is 11.1 Å². The van der Waals surface area contributed by atoms with E-state index in [1.54, 1.807) is 24.3 Å². The van der Waals surface area contributed by atoms with Gasteiger partial charge in [0.25, 0.3) is 0 Å². The molecule has 0 amide bonds. The van der Waals surface area contributed by atoms with Crippen LogP contribution in [0.25, 0.3) is 0 Å². The van der Waals surface area contributed by atoms with Gasteiger partial charge in [-0.2, -0.15) is 0 Å². The van der Waals surface area contributed by atoms with Crippen LogP contribution in [0.5, 0.6) is 0 Å². The van der Waals surface area contributed by atoms with Crippen LogP contribution in [0.1, 0.15) is 21.9 Å². The molecule has 4 heteroatoms. The van der Waals surface area contributed by atoms with Gasteiger partial charge in [-0.15, -0.1) is 11.8 Å². The standard InChI is InChI=1S/C16H15ClO2S/c1-10-6-7-14(8-11(10)2)20-15(16(18)19)12-4-3-5-13(17)9-12/h3-9,15H,1-2H3,(H,18,19). The minimum Gasteiger partial charge on any atom is -0.480 e. The van der Waals surface area contributed by atoms with Crippen LogP contribution in [0.15, 0.2) is 47.4 Å². The van der Waals surface area contributed by atoms with E-state index in [4.69, 9.17) is 11.6 Å². The predicted octanol–water partition coefficient (Wildman–Crippen LogP) is 4.87. The van der Waals surface area contributed by atoms with Gasteiger partial charge >= 0.3 is 5.97 Å². The number of thioether (sulfide) groups is 1. The van der Waals surface area contributed by atoms with Crippen molar-refractivity contribution in [2.75, 3.05) is 0 Å². The maximum absolute atomic E-state index is 11.5. The molecule has 0 saturated carbocycles. The molecule has 0 fully saturated rings. The van der Waals surface area contributed by atoms with Gasteiger partial charge in [0.05, 0.1) is 0 Å². The summed E-state index contributed by atoms with van der Waals surface area (Å²) in [7, 11) is 0. The average molecular weight is 307 g/mol. The normalized spacial score (nSPS) is 12.2. The predicted molar refractivity (Wildman–Crippen MR) is 83.6 cm³/mol. The summed E-state index contributed by atoms with van der Waals surface area (Å²) in [6, 6.07) is 13.0. The maximum Gasteiger partial charge on any atom is 0.321 e. The monoisotopic (exact) mass is 306 g/mol. The van der Waals surface area contributed by atoms with Crippen LogP contribution >= 0.6 is 23.4 Å². The highest BCUT2D eigenvalue weighted by Crippen LogP contribution is 2.36. The zero-order valence-corrected chi connectivity index (χ0v) is 12.8. The Bertz CT molecular complexity index is 640. The molecular formula is C16H15ClO2S. The van der Waals surface area contributed by atoms with Gasteiger partial charge in [0.2, 0.25) is 0 Å². The Labute approximate surface area is 127 Å². The summed E-state index contributed by atoms with van der Waals surface area (Å²) in [5.74, 6) is -0.865. The zero-order chi connectivity index (χ0) is 14.7. The van der Waals surface area contributed by atoms with Crippen molar-refractivity contribution in [3.05, 3.63) is 64.2 Å². The topological polar surface area (TPSA) is 37.3 Å². The molecule has 1 unspecified atom stereocenters. The fourth-order valence-electron chi connectivity index (χ4n) is 1.85. The molecule has 0 heterocycles. The van der Waals surface area contributed by atoms with Gasteiger partial charge in [-0.05, 0) is 54.8 Å². The first-order valence-corrected chi connectivity index (χ1v) is 7.45. The van der Waals surface area contributed by atoms with Crippen LogP contribution in [0, 0.1) is 13.8 Å². The van der Waals surface area contributed by atoms with Crippen molar-refractivity contribution < 1.29 is 9.90 Å². The van der Waals surface area contributed by atoms with Crippen LogP contribution in [-0.2, 0) is 4.79 Å². The van der Waals surface area contributed by atoms with E-state index < -0.39 is 11.2 Å². The molecule has 0 aliphatic carbocycles. The second-order valence-corrected chi connectivity index (χ2v) is 6.25. The molecule has 2 aromatic rings. The van der Waals surface area contributed by atoms with Crippen molar-refractivity contribution >= 4 is 29.3 Å². The molecule has 0 aromatic heterocycles. The van der Waals surface area contributed by atoms with Crippen molar-refractivity contribution in [2.24, 2.45) is 0 Å². The summed E-state index contributed by atoms with van der Waals surface area (Å²) in [6.45, 7) is 4.06. The third-order valence-electron chi connectivity index (χ3n) is 3.11. The van der Waals surface area contributed by atoms with Gasteiger partial charge in [0.15, 0.2) is 0 Å². The van der Waals surface area contributed by atoms with Crippen LogP contribution < -0.4 is 0 Å². The number of carboxylic acid groups (broad SMARTS) is 1. The molecular weight excluding hydrogens is 292 g/mol. The highest BCUT2D eigenvalue weighted by Gasteiger charge is 2.21. The maximum atomic E-state index is 11.5. The highest BCUT2D eigenvalue weighted by molar-refractivity contribution is 8.00. The molecule has 1 atom stereocenters. The molecule has 2 aromatic carbocycles. The lowest BCUT2D eigenvalue weighted by Gasteiger charge is -2.13. The van der Waals surface area contributed by atoms with Crippen LogP contribution in [0.2, 0.25) is 5.02 Å². The van der Waals surface area contributed by atoms with Crippen LogP contribution in [0.4, 0.5) is 0 Å². The number of aryl methyl sites for hydroxylation is 2. The summed E-state index contributed by atoms with van der Waals surface area (Å²) in [6.07, 6.45) is 0. The number of halogens is 1. The largest absolute Gasteiger partial charge is 0.480 e. The highest BCUT2D eigenvalue weighted by atomic mass is 35.5. The number of carbonyl (C=O) groups is 1. The van der Waals surface area contributed by atoms with Gasteiger partial charge in [0, 0.05) is 9.92 Å². The molecule has 1 N–H and O–H groups in total. The lowest BCUT2D eigenvalue weighted by molar-refractivity contribution is -0.136. The zero-order valence-electron chi connectivity index (χ0n) is 11.3. The van der Waals surface area contributed by atoms with Crippen molar-refractivity contribution in [3.8, 4) is 0 Å². The molecule has 0 aliphatic heterocycles. The van der Waals surface area contributed by atoms with Crippen molar-refractivity contribution in [1.82, 2.24) is 0 Å².